The molecule has 3 rings (SSSR count). The number of nitrogens with one attached hydrogen (secondary N) is 2. The minimum Gasteiger partial charge on any atom is -0.385 e. The van der Waals surface area contributed by atoms with Crippen molar-refractivity contribution < 1.29 is 9.18 Å². The number of halogens is 1. The van der Waals surface area contributed by atoms with Crippen LogP contribution in [-0.2, 0) is 6.42 Å². The Bertz CT molecular complexity index is 640. The average molecular weight is 271 g/mol. The van der Waals surface area contributed by atoms with Gasteiger partial charge in [0.25, 0.3) is 5.91 Å². The number of rotatable bonds is 2. The van der Waals surface area contributed by atoms with Gasteiger partial charge in [0.15, 0.2) is 0 Å². The van der Waals surface area contributed by atoms with E-state index in [9.17, 15) is 9.18 Å². The van der Waals surface area contributed by atoms with Crippen molar-refractivity contribution in [2.75, 3.05) is 17.2 Å². The number of pyridine rings is 1. The second-order valence-corrected chi connectivity index (χ2v) is 4.69. The van der Waals surface area contributed by atoms with Crippen LogP contribution in [0.15, 0.2) is 36.5 Å². The number of nitrogens with zero attached hydrogens (tertiary/aromatic N) is 1. The third-order valence-electron chi connectivity index (χ3n) is 3.32. The minimum atomic E-state index is -0.565. The van der Waals surface area contributed by atoms with Crippen LogP contribution >= 0.6 is 0 Å². The molecule has 20 heavy (non-hydrogen) atoms. The first-order valence-electron chi connectivity index (χ1n) is 6.53. The Hall–Kier alpha value is -2.43. The summed E-state index contributed by atoms with van der Waals surface area (Å²) in [4.78, 5) is 15.8. The van der Waals surface area contributed by atoms with E-state index in [1.165, 1.54) is 18.3 Å². The molecule has 0 unspecified atom stereocenters. The van der Waals surface area contributed by atoms with E-state index >= 15 is 0 Å². The zero-order chi connectivity index (χ0) is 13.9. The van der Waals surface area contributed by atoms with Crippen LogP contribution in [0.3, 0.4) is 0 Å². The number of anilines is 2. The maximum Gasteiger partial charge on any atom is 0.256 e. The first-order chi connectivity index (χ1) is 9.74. The van der Waals surface area contributed by atoms with E-state index in [0.717, 1.165) is 30.6 Å². The number of fused-ring (bicyclic) bond motifs is 1. The van der Waals surface area contributed by atoms with Gasteiger partial charge in [-0.1, -0.05) is 6.07 Å². The van der Waals surface area contributed by atoms with Gasteiger partial charge in [-0.2, -0.15) is 4.39 Å². The Labute approximate surface area is 116 Å². The smallest absolute Gasteiger partial charge is 0.256 e. The van der Waals surface area contributed by atoms with Crippen molar-refractivity contribution >= 4 is 17.3 Å². The topological polar surface area (TPSA) is 54.0 Å². The van der Waals surface area contributed by atoms with Crippen molar-refractivity contribution in [2.24, 2.45) is 0 Å². The van der Waals surface area contributed by atoms with Crippen molar-refractivity contribution in [3.8, 4) is 0 Å². The Kier molecular flexibility index (Phi) is 3.33. The summed E-state index contributed by atoms with van der Waals surface area (Å²) >= 11 is 0. The molecular formula is C15H14FN3O. The molecule has 2 N–H and O–H groups in total. The van der Waals surface area contributed by atoms with E-state index in [2.05, 4.69) is 15.6 Å². The SMILES string of the molecule is O=C(Nc1ccc(F)nc1)c1cccc2c1CCCN2. The molecule has 1 aromatic heterocycles. The van der Waals surface area contributed by atoms with Crippen LogP contribution in [0.4, 0.5) is 15.8 Å². The van der Waals surface area contributed by atoms with Gasteiger partial charge in [-0.05, 0) is 42.7 Å². The van der Waals surface area contributed by atoms with E-state index < -0.39 is 5.95 Å². The molecule has 0 spiro atoms. The van der Waals surface area contributed by atoms with Gasteiger partial charge >= 0.3 is 0 Å². The second kappa shape index (κ2) is 5.28. The molecule has 1 aliphatic heterocycles. The van der Waals surface area contributed by atoms with E-state index in [1.54, 1.807) is 6.07 Å². The van der Waals surface area contributed by atoms with Crippen molar-refractivity contribution in [2.45, 2.75) is 12.8 Å². The summed E-state index contributed by atoms with van der Waals surface area (Å²) in [5.41, 5.74) is 3.18. The molecule has 1 aromatic carbocycles. The fourth-order valence-electron chi connectivity index (χ4n) is 2.37. The number of benzene rings is 1. The molecule has 2 heterocycles. The van der Waals surface area contributed by atoms with Gasteiger partial charge in [-0.25, -0.2) is 4.98 Å². The maximum atomic E-state index is 12.7. The highest BCUT2D eigenvalue weighted by molar-refractivity contribution is 6.06. The summed E-state index contributed by atoms with van der Waals surface area (Å²) in [7, 11) is 0. The van der Waals surface area contributed by atoms with Gasteiger partial charge in [0, 0.05) is 17.8 Å². The maximum absolute atomic E-state index is 12.7. The Morgan fingerprint density at radius 2 is 2.20 bits per heavy atom. The van der Waals surface area contributed by atoms with Crippen LogP contribution in [-0.4, -0.2) is 17.4 Å². The standard InChI is InChI=1S/C15H14FN3O/c16-14-7-6-10(9-18-14)19-15(20)12-3-1-5-13-11(12)4-2-8-17-13/h1,3,5-7,9,17H,2,4,8H2,(H,19,20). The lowest BCUT2D eigenvalue weighted by Crippen LogP contribution is -2.19. The average Bonchev–Trinajstić information content (AvgIpc) is 2.49. The van der Waals surface area contributed by atoms with E-state index in [1.807, 2.05) is 12.1 Å². The number of aromatic nitrogens is 1. The largest absolute Gasteiger partial charge is 0.385 e. The molecule has 0 saturated heterocycles. The molecule has 0 radical (unpaired) electrons. The highest BCUT2D eigenvalue weighted by atomic mass is 19.1. The lowest BCUT2D eigenvalue weighted by molar-refractivity contribution is 0.102. The molecule has 102 valence electrons. The fourth-order valence-corrected chi connectivity index (χ4v) is 2.37. The number of amides is 1. The molecule has 2 aromatic rings. The molecule has 0 saturated carbocycles. The van der Waals surface area contributed by atoms with Crippen molar-refractivity contribution in [1.82, 2.24) is 4.98 Å². The van der Waals surface area contributed by atoms with E-state index in [-0.39, 0.29) is 5.91 Å². The summed E-state index contributed by atoms with van der Waals surface area (Å²) in [5, 5.41) is 6.03. The molecule has 1 aliphatic rings. The highest BCUT2D eigenvalue weighted by Crippen LogP contribution is 2.25. The molecule has 0 aliphatic carbocycles. The summed E-state index contributed by atoms with van der Waals surface area (Å²) < 4.78 is 12.7. The monoisotopic (exact) mass is 271 g/mol. The summed E-state index contributed by atoms with van der Waals surface area (Å²) in [6.45, 7) is 0.931. The van der Waals surface area contributed by atoms with E-state index in [0.29, 0.717) is 11.3 Å². The molecule has 4 nitrogen and oxygen atoms in total. The number of carbonyl (C=O) groups excluding carboxylic acids is 1. The van der Waals surface area contributed by atoms with Crippen molar-refractivity contribution in [3.63, 3.8) is 0 Å². The minimum absolute atomic E-state index is 0.195. The highest BCUT2D eigenvalue weighted by Gasteiger charge is 2.17. The molecule has 0 fully saturated rings. The normalized spacial score (nSPS) is 13.2. The van der Waals surface area contributed by atoms with E-state index in [4.69, 9.17) is 0 Å². The predicted molar refractivity (Wildman–Crippen MR) is 75.4 cm³/mol. The third kappa shape index (κ3) is 2.47. The Balaban J connectivity index is 1.85. The van der Waals surface area contributed by atoms with Gasteiger partial charge in [-0.3, -0.25) is 4.79 Å². The lowest BCUT2D eigenvalue weighted by atomic mass is 9.97. The molecule has 0 bridgehead atoms. The second-order valence-electron chi connectivity index (χ2n) is 4.69. The zero-order valence-corrected chi connectivity index (χ0v) is 10.8. The van der Waals surface area contributed by atoms with Gasteiger partial charge < -0.3 is 10.6 Å². The summed E-state index contributed by atoms with van der Waals surface area (Å²) in [6.07, 6.45) is 3.20. The van der Waals surface area contributed by atoms with Gasteiger partial charge in [-0.15, -0.1) is 0 Å². The zero-order valence-electron chi connectivity index (χ0n) is 10.8. The predicted octanol–water partition coefficient (Wildman–Crippen LogP) is 2.83. The van der Waals surface area contributed by atoms with Crippen molar-refractivity contribution in [1.29, 1.82) is 0 Å². The number of carbonyl (C=O) groups is 1. The number of hydrogen-bond acceptors (Lipinski definition) is 3. The quantitative estimate of drug-likeness (QED) is 0.826. The Morgan fingerprint density at radius 1 is 1.30 bits per heavy atom. The lowest BCUT2D eigenvalue weighted by Gasteiger charge is -2.20. The summed E-state index contributed by atoms with van der Waals surface area (Å²) in [5.74, 6) is -0.761. The first-order valence-corrected chi connectivity index (χ1v) is 6.53. The van der Waals surface area contributed by atoms with Gasteiger partial charge in [0.1, 0.15) is 0 Å². The van der Waals surface area contributed by atoms with Crippen LogP contribution in [0.2, 0.25) is 0 Å². The van der Waals surface area contributed by atoms with Crippen LogP contribution < -0.4 is 10.6 Å². The third-order valence-corrected chi connectivity index (χ3v) is 3.32. The molecule has 1 amide bonds. The van der Waals surface area contributed by atoms with Crippen LogP contribution in [0, 0.1) is 5.95 Å². The van der Waals surface area contributed by atoms with Crippen LogP contribution in [0.1, 0.15) is 22.3 Å². The summed E-state index contributed by atoms with van der Waals surface area (Å²) in [6, 6.07) is 8.35. The Morgan fingerprint density at radius 3 is 3.00 bits per heavy atom. The van der Waals surface area contributed by atoms with Gasteiger partial charge in [0.05, 0.1) is 11.9 Å². The first kappa shape index (κ1) is 12.6. The van der Waals surface area contributed by atoms with Crippen LogP contribution in [0.5, 0.6) is 0 Å². The number of hydrogen-bond donors (Lipinski definition) is 2. The fraction of sp³-hybridized carbons (Fsp3) is 0.200. The molecular weight excluding hydrogens is 257 g/mol. The molecule has 5 heteroatoms. The molecule has 0 atom stereocenters. The van der Waals surface area contributed by atoms with Gasteiger partial charge in [0.2, 0.25) is 5.95 Å². The van der Waals surface area contributed by atoms with Crippen molar-refractivity contribution in [3.05, 3.63) is 53.6 Å². The van der Waals surface area contributed by atoms with Crippen LogP contribution in [0.25, 0.3) is 0 Å².